The molecule has 0 atom stereocenters. The molecule has 0 bridgehead atoms. The van der Waals surface area contributed by atoms with E-state index in [1.165, 1.54) is 38.9 Å². The smallest absolute Gasteiger partial charge is 0.119 e. The highest BCUT2D eigenvalue weighted by molar-refractivity contribution is 7.97. The lowest BCUT2D eigenvalue weighted by atomic mass is 9.93. The highest BCUT2D eigenvalue weighted by Gasteiger charge is 2.16. The molecule has 5 aromatic rings. The molecule has 0 saturated carbocycles. The summed E-state index contributed by atoms with van der Waals surface area (Å²) in [6.45, 7) is 1.69. The van der Waals surface area contributed by atoms with Crippen LogP contribution in [0.5, 0.6) is 5.75 Å². The van der Waals surface area contributed by atoms with Gasteiger partial charge in [-0.2, -0.15) is 11.8 Å². The van der Waals surface area contributed by atoms with E-state index < -0.39 is 0 Å². The van der Waals surface area contributed by atoms with Crippen LogP contribution in [0.3, 0.4) is 0 Å². The van der Waals surface area contributed by atoms with E-state index in [1.54, 1.807) is 0 Å². The quantitative estimate of drug-likeness (QED) is 0.151. The van der Waals surface area contributed by atoms with Crippen LogP contribution in [0.1, 0.15) is 38.9 Å². The maximum absolute atomic E-state index is 6.36. The topological polar surface area (TPSA) is 18.5 Å². The Hall–Kier alpha value is -3.79. The molecule has 0 heterocycles. The van der Waals surface area contributed by atoms with E-state index in [0.29, 0.717) is 19.8 Å². The third-order valence-corrected chi connectivity index (χ3v) is 7.75. The first-order chi connectivity index (χ1) is 19.3. The van der Waals surface area contributed by atoms with E-state index >= 15 is 0 Å². The van der Waals surface area contributed by atoms with Crippen LogP contribution in [0.2, 0.25) is 0 Å². The molecule has 39 heavy (non-hydrogen) atoms. The molecule has 0 aromatic heterocycles. The zero-order chi connectivity index (χ0) is 26.5. The van der Waals surface area contributed by atoms with Gasteiger partial charge in [-0.1, -0.05) is 121 Å². The summed E-state index contributed by atoms with van der Waals surface area (Å²) in [5, 5.41) is 0. The SMILES string of the molecule is c1ccc(COCc2c(Cc3ccccc3)ccc(COc3ccccc3)c2CSCc2ccccc2)cc1. The normalized spacial score (nSPS) is 10.9. The van der Waals surface area contributed by atoms with Gasteiger partial charge in [-0.3, -0.25) is 0 Å². The molecule has 0 aliphatic rings. The lowest BCUT2D eigenvalue weighted by Gasteiger charge is -2.20. The second-order valence-electron chi connectivity index (χ2n) is 9.56. The monoisotopic (exact) mass is 530 g/mol. The van der Waals surface area contributed by atoms with Gasteiger partial charge >= 0.3 is 0 Å². The van der Waals surface area contributed by atoms with Gasteiger partial charge in [0, 0.05) is 11.5 Å². The second-order valence-corrected chi connectivity index (χ2v) is 10.5. The maximum atomic E-state index is 6.36. The second kappa shape index (κ2) is 14.4. The van der Waals surface area contributed by atoms with Crippen molar-refractivity contribution in [3.8, 4) is 5.75 Å². The number of hydrogen-bond acceptors (Lipinski definition) is 3. The van der Waals surface area contributed by atoms with Gasteiger partial charge in [0.25, 0.3) is 0 Å². The Balaban J connectivity index is 1.43. The molecular weight excluding hydrogens is 496 g/mol. The van der Waals surface area contributed by atoms with Crippen LogP contribution >= 0.6 is 11.8 Å². The lowest BCUT2D eigenvalue weighted by molar-refractivity contribution is 0.106. The maximum Gasteiger partial charge on any atom is 0.119 e. The molecule has 5 aromatic carbocycles. The average Bonchev–Trinajstić information content (AvgIpc) is 3.00. The molecule has 0 amide bonds. The summed E-state index contributed by atoms with van der Waals surface area (Å²) in [4.78, 5) is 0. The van der Waals surface area contributed by atoms with Gasteiger partial charge < -0.3 is 9.47 Å². The van der Waals surface area contributed by atoms with Crippen molar-refractivity contribution in [2.45, 2.75) is 37.7 Å². The zero-order valence-electron chi connectivity index (χ0n) is 22.2. The Bertz CT molecular complexity index is 1400. The van der Waals surface area contributed by atoms with E-state index in [9.17, 15) is 0 Å². The van der Waals surface area contributed by atoms with Gasteiger partial charge in [0.05, 0.1) is 13.2 Å². The minimum Gasteiger partial charge on any atom is -0.489 e. The Labute approximate surface area is 236 Å². The molecule has 0 radical (unpaired) electrons. The van der Waals surface area contributed by atoms with Crippen LogP contribution in [-0.2, 0) is 42.5 Å². The number of hydrogen-bond donors (Lipinski definition) is 0. The van der Waals surface area contributed by atoms with Crippen LogP contribution in [-0.4, -0.2) is 0 Å². The largest absolute Gasteiger partial charge is 0.489 e. The summed E-state index contributed by atoms with van der Waals surface area (Å²) >= 11 is 1.94. The van der Waals surface area contributed by atoms with Crippen molar-refractivity contribution in [3.05, 3.63) is 172 Å². The summed E-state index contributed by atoms with van der Waals surface area (Å²) in [6.07, 6.45) is 0.876. The summed E-state index contributed by atoms with van der Waals surface area (Å²) in [5.74, 6) is 2.75. The molecule has 0 aliphatic heterocycles. The zero-order valence-corrected chi connectivity index (χ0v) is 23.0. The van der Waals surface area contributed by atoms with Crippen LogP contribution in [0.15, 0.2) is 133 Å². The van der Waals surface area contributed by atoms with Gasteiger partial charge in [0.2, 0.25) is 0 Å². The molecule has 0 saturated heterocycles. The molecule has 0 unspecified atom stereocenters. The fourth-order valence-corrected chi connectivity index (χ4v) is 5.73. The fraction of sp³-hybridized carbons (Fsp3) is 0.167. The minimum atomic E-state index is 0.530. The van der Waals surface area contributed by atoms with Crippen LogP contribution < -0.4 is 4.74 Å². The predicted octanol–water partition coefficient (Wildman–Crippen LogP) is 9.01. The molecule has 0 aliphatic carbocycles. The van der Waals surface area contributed by atoms with Gasteiger partial charge in [-0.05, 0) is 57.5 Å². The van der Waals surface area contributed by atoms with Crippen molar-refractivity contribution in [1.82, 2.24) is 0 Å². The number of thioether (sulfide) groups is 1. The van der Waals surface area contributed by atoms with E-state index in [0.717, 1.165) is 23.7 Å². The van der Waals surface area contributed by atoms with Gasteiger partial charge in [-0.15, -0.1) is 0 Å². The summed E-state index contributed by atoms with van der Waals surface area (Å²) in [5.41, 5.74) is 8.97. The molecule has 2 nitrogen and oxygen atoms in total. The Kier molecular flexibility index (Phi) is 9.89. The molecule has 0 N–H and O–H groups in total. The number of para-hydroxylation sites is 1. The first kappa shape index (κ1) is 26.8. The number of ether oxygens (including phenoxy) is 2. The van der Waals surface area contributed by atoms with Crippen LogP contribution in [0.4, 0.5) is 0 Å². The van der Waals surface area contributed by atoms with Crippen molar-refractivity contribution in [2.24, 2.45) is 0 Å². The van der Waals surface area contributed by atoms with E-state index in [2.05, 4.69) is 97.1 Å². The number of rotatable bonds is 13. The highest BCUT2D eigenvalue weighted by atomic mass is 32.2. The van der Waals surface area contributed by atoms with Crippen molar-refractivity contribution in [1.29, 1.82) is 0 Å². The fourth-order valence-electron chi connectivity index (χ4n) is 4.63. The average molecular weight is 531 g/mol. The lowest BCUT2D eigenvalue weighted by Crippen LogP contribution is -2.09. The van der Waals surface area contributed by atoms with Crippen molar-refractivity contribution >= 4 is 11.8 Å². The van der Waals surface area contributed by atoms with Gasteiger partial charge in [-0.25, -0.2) is 0 Å². The first-order valence-electron chi connectivity index (χ1n) is 13.4. The molecule has 0 fully saturated rings. The molecule has 196 valence electrons. The molecule has 0 spiro atoms. The highest BCUT2D eigenvalue weighted by Crippen LogP contribution is 2.30. The van der Waals surface area contributed by atoms with Gasteiger partial charge in [0.15, 0.2) is 0 Å². The van der Waals surface area contributed by atoms with Crippen LogP contribution in [0, 0.1) is 0 Å². The minimum absolute atomic E-state index is 0.530. The Morgan fingerprint density at radius 2 is 1.00 bits per heavy atom. The van der Waals surface area contributed by atoms with Crippen molar-refractivity contribution < 1.29 is 9.47 Å². The Morgan fingerprint density at radius 1 is 0.436 bits per heavy atom. The van der Waals surface area contributed by atoms with Crippen molar-refractivity contribution in [2.75, 3.05) is 0 Å². The molecule has 5 rings (SSSR count). The standard InChI is InChI=1S/C36H34O2S/c1-5-13-29(14-6-1)23-32-21-22-33(25-38-34-19-11-4-12-20-34)36(28-39-27-31-17-9-3-10-18-31)35(32)26-37-24-30-15-7-2-8-16-30/h1-22H,23-28H2. The summed E-state index contributed by atoms with van der Waals surface area (Å²) in [6, 6.07) is 46.4. The molecule has 3 heteroatoms. The van der Waals surface area contributed by atoms with Crippen LogP contribution in [0.25, 0.3) is 0 Å². The van der Waals surface area contributed by atoms with E-state index in [1.807, 2.05) is 48.2 Å². The summed E-state index contributed by atoms with van der Waals surface area (Å²) in [7, 11) is 0. The number of benzene rings is 5. The van der Waals surface area contributed by atoms with Crippen molar-refractivity contribution in [3.63, 3.8) is 0 Å². The van der Waals surface area contributed by atoms with Gasteiger partial charge in [0.1, 0.15) is 12.4 Å². The first-order valence-corrected chi connectivity index (χ1v) is 14.6. The van der Waals surface area contributed by atoms with E-state index in [-0.39, 0.29) is 0 Å². The third kappa shape index (κ3) is 8.10. The molecular formula is C36H34O2S. The van der Waals surface area contributed by atoms with E-state index in [4.69, 9.17) is 9.47 Å². The Morgan fingerprint density at radius 3 is 1.67 bits per heavy atom. The summed E-state index contributed by atoms with van der Waals surface area (Å²) < 4.78 is 12.6. The predicted molar refractivity (Wildman–Crippen MR) is 163 cm³/mol. The third-order valence-electron chi connectivity index (χ3n) is 6.72.